The zero-order valence-corrected chi connectivity index (χ0v) is 28.8. The molecule has 10 nitrogen and oxygen atoms in total. The van der Waals surface area contributed by atoms with Crippen molar-refractivity contribution < 1.29 is 0 Å². The molecule has 45 heavy (non-hydrogen) atoms. The predicted molar refractivity (Wildman–Crippen MR) is 185 cm³/mol. The maximum Gasteiger partial charge on any atom is 0.183 e. The van der Waals surface area contributed by atoms with Crippen molar-refractivity contribution in [1.82, 2.24) is 48.3 Å². The summed E-state index contributed by atoms with van der Waals surface area (Å²) in [5, 5.41) is 0. The van der Waals surface area contributed by atoms with Gasteiger partial charge in [-0.25, -0.2) is 29.9 Å². The summed E-state index contributed by atoms with van der Waals surface area (Å²) in [4.78, 5) is 28.6. The molecule has 0 aliphatic carbocycles. The van der Waals surface area contributed by atoms with Gasteiger partial charge in [0, 0.05) is 48.9 Å². The highest BCUT2D eigenvalue weighted by Crippen LogP contribution is 2.22. The van der Waals surface area contributed by atoms with Gasteiger partial charge in [-0.15, -0.1) is 0 Å². The Morgan fingerprint density at radius 2 is 1.27 bits per heavy atom. The quantitative estimate of drug-likeness (QED) is 0.193. The number of hydrogen-bond acceptors (Lipinski definition) is 6. The first-order valence-corrected chi connectivity index (χ1v) is 16.0. The maximum absolute atomic E-state index is 4.52. The number of nitrogens with one attached hydrogen (secondary N) is 1. The Morgan fingerprint density at radius 1 is 0.667 bits per heavy atom. The molecule has 0 aliphatic heterocycles. The zero-order valence-electron chi connectivity index (χ0n) is 24.1. The summed E-state index contributed by atoms with van der Waals surface area (Å²) < 4.78 is 7.99. The number of aromatic nitrogens is 10. The average molecular weight is 789 g/mol. The lowest BCUT2D eigenvalue weighted by atomic mass is 10.1. The third-order valence-electron chi connectivity index (χ3n) is 6.67. The Hall–Kier alpha value is -4.46. The number of aromatic amines is 1. The van der Waals surface area contributed by atoms with Crippen LogP contribution in [0.3, 0.4) is 0 Å². The van der Waals surface area contributed by atoms with Crippen LogP contribution in [0, 0.1) is 13.8 Å². The number of H-pyrrole nitrogens is 1. The number of fused-ring (bicyclic) bond motifs is 2. The van der Waals surface area contributed by atoms with Gasteiger partial charge in [0.2, 0.25) is 0 Å². The van der Waals surface area contributed by atoms with Gasteiger partial charge in [-0.05, 0) is 67.2 Å². The zero-order chi connectivity index (χ0) is 31.3. The highest BCUT2D eigenvalue weighted by molar-refractivity contribution is 9.11. The highest BCUT2D eigenvalue weighted by atomic mass is 79.9. The Morgan fingerprint density at radius 3 is 1.91 bits per heavy atom. The molecule has 0 unspecified atom stereocenters. The summed E-state index contributed by atoms with van der Waals surface area (Å²) in [6.45, 7) is 4.15. The summed E-state index contributed by atoms with van der Waals surface area (Å²) in [5.41, 5.74) is 8.36. The van der Waals surface area contributed by atoms with E-state index in [1.807, 2.05) is 50.5 Å². The second-order valence-corrected chi connectivity index (χ2v) is 12.3. The van der Waals surface area contributed by atoms with Crippen LogP contribution in [0.15, 0.2) is 125 Å². The van der Waals surface area contributed by atoms with Crippen molar-refractivity contribution in [2.75, 3.05) is 0 Å². The molecule has 0 amide bonds. The number of benzene rings is 2. The molecule has 0 saturated heterocycles. The molecule has 8 aromatic rings. The topological polar surface area (TPSA) is 107 Å². The second kappa shape index (κ2) is 13.7. The normalized spacial score (nSPS) is 10.8. The molecule has 2 aromatic carbocycles. The van der Waals surface area contributed by atoms with Gasteiger partial charge < -0.3 is 13.8 Å². The smallest absolute Gasteiger partial charge is 0.183 e. The van der Waals surface area contributed by atoms with Crippen LogP contribution in [0.4, 0.5) is 0 Å². The molecule has 0 aliphatic rings. The van der Waals surface area contributed by atoms with E-state index in [2.05, 4.69) is 145 Å². The van der Waals surface area contributed by atoms with Crippen LogP contribution in [0.2, 0.25) is 0 Å². The summed E-state index contributed by atoms with van der Waals surface area (Å²) in [6, 6.07) is 16.7. The van der Waals surface area contributed by atoms with Gasteiger partial charge in [0.05, 0.1) is 23.9 Å². The van der Waals surface area contributed by atoms with Crippen LogP contribution < -0.4 is 0 Å². The molecule has 0 atom stereocenters. The molecule has 0 radical (unpaired) electrons. The number of hydrogen-bond donors (Lipinski definition) is 1. The van der Waals surface area contributed by atoms with Crippen LogP contribution in [-0.2, 0) is 0 Å². The first kappa shape index (κ1) is 30.6. The molecule has 0 fully saturated rings. The van der Waals surface area contributed by atoms with E-state index in [1.165, 1.54) is 16.7 Å². The molecule has 0 saturated carbocycles. The minimum absolute atomic E-state index is 0.741. The lowest BCUT2D eigenvalue weighted by Gasteiger charge is -2.04. The van der Waals surface area contributed by atoms with Crippen molar-refractivity contribution in [3.05, 3.63) is 136 Å². The van der Waals surface area contributed by atoms with E-state index >= 15 is 0 Å². The van der Waals surface area contributed by atoms with E-state index < -0.39 is 0 Å². The second-order valence-electron chi connectivity index (χ2n) is 9.92. The van der Waals surface area contributed by atoms with Gasteiger partial charge in [-0.2, -0.15) is 0 Å². The average Bonchev–Trinajstić information content (AvgIpc) is 3.85. The Balaban J connectivity index is 0.000000131. The van der Waals surface area contributed by atoms with E-state index in [0.717, 1.165) is 47.9 Å². The SMILES string of the molecule is Brc1cn2ccnc2c(Br)n1.Cc1ccc(-c2cn(-c3nc(Br)cn4ccnc34)cn2)cc1.Cc1ccc(-c2cnc[nH]2)cc1. The number of halogens is 3. The van der Waals surface area contributed by atoms with Crippen molar-refractivity contribution in [3.63, 3.8) is 0 Å². The maximum atomic E-state index is 4.52. The molecule has 224 valence electrons. The predicted octanol–water partition coefficient (Wildman–Crippen LogP) is 8.29. The number of imidazole rings is 4. The molecule has 1 N–H and O–H groups in total. The monoisotopic (exact) mass is 786 g/mol. The first-order chi connectivity index (χ1) is 21.8. The standard InChI is InChI=1S/C16H12BrN5.C10H10N2.C6H3Br2N3/c1-11-2-4-12(5-3-11)13-8-22(10-19-13)16-15-18-6-7-21(15)9-14(17)20-16;1-8-2-4-9(5-3-8)10-6-11-7-12-10;7-4-3-11-2-1-9-6(11)5(8)10-4/h2-10H,1H3;2-7H,1H3,(H,11,12);1-3H. The van der Waals surface area contributed by atoms with E-state index in [4.69, 9.17) is 0 Å². The molecule has 0 bridgehead atoms. The van der Waals surface area contributed by atoms with Crippen molar-refractivity contribution in [2.45, 2.75) is 13.8 Å². The van der Waals surface area contributed by atoms with Gasteiger partial charge in [0.25, 0.3) is 0 Å². The molecule has 0 spiro atoms. The molecular weight excluding hydrogens is 764 g/mol. The third kappa shape index (κ3) is 7.27. The van der Waals surface area contributed by atoms with Crippen LogP contribution in [0.25, 0.3) is 39.6 Å². The number of rotatable bonds is 3. The fourth-order valence-corrected chi connectivity index (χ4v) is 5.90. The van der Waals surface area contributed by atoms with Crippen molar-refractivity contribution >= 4 is 59.1 Å². The lowest BCUT2D eigenvalue weighted by molar-refractivity contribution is 0.957. The van der Waals surface area contributed by atoms with Gasteiger partial charge in [0.15, 0.2) is 21.7 Å². The lowest BCUT2D eigenvalue weighted by Crippen LogP contribution is -2.00. The van der Waals surface area contributed by atoms with Crippen molar-refractivity contribution in [1.29, 1.82) is 0 Å². The Labute approximate surface area is 283 Å². The fraction of sp³-hybridized carbons (Fsp3) is 0.0625. The summed E-state index contributed by atoms with van der Waals surface area (Å²) in [6.07, 6.45) is 18.2. The van der Waals surface area contributed by atoms with Gasteiger partial charge >= 0.3 is 0 Å². The van der Waals surface area contributed by atoms with Gasteiger partial charge in [-0.3, -0.25) is 4.57 Å². The van der Waals surface area contributed by atoms with Crippen LogP contribution in [-0.4, -0.2) is 48.3 Å². The van der Waals surface area contributed by atoms with E-state index in [0.29, 0.717) is 0 Å². The van der Waals surface area contributed by atoms with Crippen LogP contribution in [0.5, 0.6) is 0 Å². The third-order valence-corrected chi connectivity index (χ3v) is 7.96. The van der Waals surface area contributed by atoms with Crippen molar-refractivity contribution in [2.24, 2.45) is 0 Å². The largest absolute Gasteiger partial charge is 0.345 e. The summed E-state index contributed by atoms with van der Waals surface area (Å²) in [5.74, 6) is 0.741. The van der Waals surface area contributed by atoms with E-state index in [9.17, 15) is 0 Å². The minimum Gasteiger partial charge on any atom is -0.345 e. The highest BCUT2D eigenvalue weighted by Gasteiger charge is 2.11. The van der Waals surface area contributed by atoms with E-state index in [1.54, 1.807) is 25.0 Å². The van der Waals surface area contributed by atoms with Crippen LogP contribution >= 0.6 is 47.8 Å². The van der Waals surface area contributed by atoms with Crippen molar-refractivity contribution in [3.8, 4) is 28.3 Å². The molecular formula is C32H25Br3N10. The van der Waals surface area contributed by atoms with Gasteiger partial charge in [-0.1, -0.05) is 59.7 Å². The molecule has 8 rings (SSSR count). The molecule has 6 heterocycles. The molecule has 13 heteroatoms. The first-order valence-electron chi connectivity index (χ1n) is 13.6. The van der Waals surface area contributed by atoms with Gasteiger partial charge in [0.1, 0.15) is 15.5 Å². The fourth-order valence-electron chi connectivity index (χ4n) is 4.38. The number of aryl methyl sites for hydroxylation is 2. The molecule has 6 aromatic heterocycles. The summed E-state index contributed by atoms with van der Waals surface area (Å²) in [7, 11) is 0. The minimum atomic E-state index is 0.741. The summed E-state index contributed by atoms with van der Waals surface area (Å²) >= 11 is 10.0. The Kier molecular flexibility index (Phi) is 9.29. The number of nitrogens with zero attached hydrogens (tertiary/aromatic N) is 9. The van der Waals surface area contributed by atoms with Crippen LogP contribution in [0.1, 0.15) is 11.1 Å². The van der Waals surface area contributed by atoms with E-state index in [-0.39, 0.29) is 0 Å². The Bertz CT molecular complexity index is 2160.